The molecule has 17 heavy (non-hydrogen) atoms. The molecule has 100 valence electrons. The summed E-state index contributed by atoms with van der Waals surface area (Å²) >= 11 is 0. The molecule has 0 rings (SSSR count). The maximum atomic E-state index is 6.11. The Balaban J connectivity index is 3.90. The smallest absolute Gasteiger partial charge is 0.191 e. The lowest BCUT2D eigenvalue weighted by Crippen LogP contribution is -2.40. The minimum atomic E-state index is -1.54. The van der Waals surface area contributed by atoms with Crippen LogP contribution in [0.2, 0.25) is 37.8 Å². The predicted octanol–water partition coefficient (Wildman–Crippen LogP) is 4.67. The van der Waals surface area contributed by atoms with Gasteiger partial charge in [0.15, 0.2) is 8.32 Å². The van der Waals surface area contributed by atoms with Crippen molar-refractivity contribution in [3.05, 3.63) is 0 Å². The van der Waals surface area contributed by atoms with Gasteiger partial charge in [-0.15, -0.1) is 11.5 Å². The van der Waals surface area contributed by atoms with Gasteiger partial charge in [-0.25, -0.2) is 0 Å². The highest BCUT2D eigenvalue weighted by Gasteiger charge is 2.36. The SMILES string of the molecule is CC(C)(C)[Si](C)(C)OCCCC#C[Si](C)(C)C. The molecule has 3 heteroatoms. The maximum absolute atomic E-state index is 6.11. The number of unbranched alkanes of at least 4 members (excludes halogenated alkanes) is 1. The minimum absolute atomic E-state index is 0.316. The summed E-state index contributed by atoms with van der Waals surface area (Å²) in [5.74, 6) is 3.30. The maximum Gasteiger partial charge on any atom is 0.191 e. The first kappa shape index (κ1) is 17.0. The van der Waals surface area contributed by atoms with Crippen molar-refractivity contribution < 1.29 is 4.43 Å². The van der Waals surface area contributed by atoms with Crippen molar-refractivity contribution in [1.82, 2.24) is 0 Å². The average molecular weight is 271 g/mol. The van der Waals surface area contributed by atoms with Crippen LogP contribution in [0.4, 0.5) is 0 Å². The second-order valence-corrected chi connectivity index (χ2v) is 16.8. The quantitative estimate of drug-likeness (QED) is 0.410. The van der Waals surface area contributed by atoms with Crippen molar-refractivity contribution in [3.63, 3.8) is 0 Å². The van der Waals surface area contributed by atoms with E-state index in [9.17, 15) is 0 Å². The molecule has 0 unspecified atom stereocenters. The van der Waals surface area contributed by atoms with Crippen molar-refractivity contribution >= 4 is 16.4 Å². The third-order valence-corrected chi connectivity index (χ3v) is 8.64. The lowest BCUT2D eigenvalue weighted by molar-refractivity contribution is 0.284. The van der Waals surface area contributed by atoms with Crippen LogP contribution in [0.1, 0.15) is 33.6 Å². The molecule has 0 atom stereocenters. The molecule has 0 aliphatic rings. The van der Waals surface area contributed by atoms with Gasteiger partial charge in [0.05, 0.1) is 0 Å². The van der Waals surface area contributed by atoms with Crippen molar-refractivity contribution in [3.8, 4) is 11.5 Å². The van der Waals surface area contributed by atoms with E-state index in [2.05, 4.69) is 65.0 Å². The van der Waals surface area contributed by atoms with E-state index in [4.69, 9.17) is 4.43 Å². The van der Waals surface area contributed by atoms with Crippen molar-refractivity contribution in [2.24, 2.45) is 0 Å². The molecule has 0 saturated heterocycles. The van der Waals surface area contributed by atoms with Crippen LogP contribution >= 0.6 is 0 Å². The Bertz CT molecular complexity index is 284. The van der Waals surface area contributed by atoms with Crippen LogP contribution in [-0.2, 0) is 4.43 Å². The first-order valence-electron chi connectivity index (χ1n) is 6.60. The zero-order valence-electron chi connectivity index (χ0n) is 13.0. The Labute approximate surface area is 110 Å². The van der Waals surface area contributed by atoms with Gasteiger partial charge in [0.25, 0.3) is 0 Å². The van der Waals surface area contributed by atoms with E-state index >= 15 is 0 Å². The molecule has 0 saturated carbocycles. The van der Waals surface area contributed by atoms with Gasteiger partial charge < -0.3 is 4.43 Å². The molecule has 0 fully saturated rings. The summed E-state index contributed by atoms with van der Waals surface area (Å²) in [7, 11) is -2.72. The normalized spacial score (nSPS) is 13.2. The fourth-order valence-corrected chi connectivity index (χ4v) is 2.78. The van der Waals surface area contributed by atoms with Crippen molar-refractivity contribution in [2.75, 3.05) is 6.61 Å². The third kappa shape index (κ3) is 7.80. The predicted molar refractivity (Wildman–Crippen MR) is 83.5 cm³/mol. The molecule has 0 aromatic rings. The third-order valence-electron chi connectivity index (χ3n) is 3.18. The van der Waals surface area contributed by atoms with Crippen molar-refractivity contribution in [1.29, 1.82) is 0 Å². The molecule has 0 amide bonds. The molecule has 0 N–H and O–H groups in total. The van der Waals surface area contributed by atoms with Gasteiger partial charge in [0.1, 0.15) is 8.07 Å². The topological polar surface area (TPSA) is 9.23 Å². The highest BCUT2D eigenvalue weighted by molar-refractivity contribution is 6.83. The molecule has 0 aromatic carbocycles. The van der Waals surface area contributed by atoms with Crippen LogP contribution in [0.3, 0.4) is 0 Å². The van der Waals surface area contributed by atoms with E-state index < -0.39 is 16.4 Å². The molecule has 0 aliphatic heterocycles. The summed E-state index contributed by atoms with van der Waals surface area (Å²) in [6, 6.07) is 0. The largest absolute Gasteiger partial charge is 0.417 e. The zero-order valence-corrected chi connectivity index (χ0v) is 15.0. The van der Waals surface area contributed by atoms with E-state index in [1.54, 1.807) is 0 Å². The van der Waals surface area contributed by atoms with Crippen LogP contribution < -0.4 is 0 Å². The molecule has 0 aliphatic carbocycles. The van der Waals surface area contributed by atoms with E-state index in [1.807, 2.05) is 0 Å². The standard InChI is InChI=1S/C14H30OSi2/c1-14(2,3)17(7,8)15-12-10-9-11-13-16(4,5)6/h9-10,12H2,1-8H3. The summed E-state index contributed by atoms with van der Waals surface area (Å²) in [4.78, 5) is 0. The molecule has 0 bridgehead atoms. The second-order valence-electron chi connectivity index (χ2n) is 7.26. The fraction of sp³-hybridized carbons (Fsp3) is 0.857. The molecule has 0 heterocycles. The van der Waals surface area contributed by atoms with Gasteiger partial charge in [0, 0.05) is 13.0 Å². The highest BCUT2D eigenvalue weighted by Crippen LogP contribution is 2.36. The minimum Gasteiger partial charge on any atom is -0.417 e. The first-order chi connectivity index (χ1) is 7.46. The van der Waals surface area contributed by atoms with Gasteiger partial charge in [-0.2, -0.15) is 0 Å². The summed E-state index contributed by atoms with van der Waals surface area (Å²) in [6.45, 7) is 19.2. The molecular weight excluding hydrogens is 240 g/mol. The molecule has 0 radical (unpaired) electrons. The van der Waals surface area contributed by atoms with E-state index in [1.165, 1.54) is 0 Å². The lowest BCUT2D eigenvalue weighted by atomic mass is 10.2. The second kappa shape index (κ2) is 6.22. The van der Waals surface area contributed by atoms with Crippen LogP contribution in [0.15, 0.2) is 0 Å². The van der Waals surface area contributed by atoms with Gasteiger partial charge >= 0.3 is 0 Å². The first-order valence-corrected chi connectivity index (χ1v) is 13.0. The van der Waals surface area contributed by atoms with E-state index in [-0.39, 0.29) is 0 Å². The Morgan fingerprint density at radius 3 is 1.94 bits per heavy atom. The zero-order chi connectivity index (χ0) is 13.7. The Morgan fingerprint density at radius 2 is 1.53 bits per heavy atom. The van der Waals surface area contributed by atoms with Gasteiger partial charge in [-0.1, -0.05) is 40.4 Å². The van der Waals surface area contributed by atoms with Gasteiger partial charge in [-0.05, 0) is 24.6 Å². The van der Waals surface area contributed by atoms with Crippen molar-refractivity contribution in [2.45, 2.75) is 71.4 Å². The highest BCUT2D eigenvalue weighted by atomic mass is 28.4. The van der Waals surface area contributed by atoms with Crippen LogP contribution in [-0.4, -0.2) is 23.0 Å². The van der Waals surface area contributed by atoms with E-state index in [0.29, 0.717) is 5.04 Å². The van der Waals surface area contributed by atoms with Crippen LogP contribution in [0, 0.1) is 11.5 Å². The Morgan fingerprint density at radius 1 is 1.00 bits per heavy atom. The molecule has 0 spiro atoms. The number of hydrogen-bond donors (Lipinski definition) is 0. The summed E-state index contributed by atoms with van der Waals surface area (Å²) in [6.07, 6.45) is 2.06. The van der Waals surface area contributed by atoms with Crippen LogP contribution in [0.25, 0.3) is 0 Å². The van der Waals surface area contributed by atoms with Crippen LogP contribution in [0.5, 0.6) is 0 Å². The summed E-state index contributed by atoms with van der Waals surface area (Å²) in [5, 5.41) is 0.316. The fourth-order valence-electron chi connectivity index (χ4n) is 1.03. The van der Waals surface area contributed by atoms with E-state index in [0.717, 1.165) is 19.4 Å². The summed E-state index contributed by atoms with van der Waals surface area (Å²) in [5.41, 5.74) is 3.39. The molecular formula is C14H30OSi2. The Kier molecular flexibility index (Phi) is 6.20. The number of rotatable bonds is 4. The average Bonchev–Trinajstić information content (AvgIpc) is 2.07. The number of hydrogen-bond acceptors (Lipinski definition) is 1. The van der Waals surface area contributed by atoms with Gasteiger partial charge in [0.2, 0.25) is 0 Å². The lowest BCUT2D eigenvalue weighted by Gasteiger charge is -2.36. The molecule has 1 nitrogen and oxygen atoms in total. The van der Waals surface area contributed by atoms with Gasteiger partial charge in [-0.3, -0.25) is 0 Å². The summed E-state index contributed by atoms with van der Waals surface area (Å²) < 4.78 is 6.11. The molecule has 0 aromatic heterocycles. The Hall–Kier alpha value is -0.0462. The monoisotopic (exact) mass is 270 g/mol.